The number of nitrogens with one attached hydrogen (secondary N) is 1. The molecule has 0 aliphatic carbocycles. The average Bonchev–Trinajstić information content (AvgIpc) is 2.14. The first-order valence-corrected chi connectivity index (χ1v) is 6.81. The lowest BCUT2D eigenvalue weighted by Crippen LogP contribution is -2.43. The maximum atomic E-state index is 3.54. The third kappa shape index (κ3) is 8.12. The van der Waals surface area contributed by atoms with E-state index in [0.29, 0.717) is 11.5 Å². The predicted molar refractivity (Wildman–Crippen MR) is 73.9 cm³/mol. The van der Waals surface area contributed by atoms with Gasteiger partial charge in [-0.1, -0.05) is 41.0 Å². The fourth-order valence-electron chi connectivity index (χ4n) is 2.13. The summed E-state index contributed by atoms with van der Waals surface area (Å²) in [5, 5.41) is 3.54. The molecule has 0 radical (unpaired) electrons. The Morgan fingerprint density at radius 2 is 1.75 bits per heavy atom. The molecule has 0 aromatic carbocycles. The molecule has 0 aliphatic heterocycles. The summed E-state index contributed by atoms with van der Waals surface area (Å²) < 4.78 is 0. The van der Waals surface area contributed by atoms with Gasteiger partial charge in [0.1, 0.15) is 0 Å². The maximum Gasteiger partial charge on any atom is 0.0217 e. The summed E-state index contributed by atoms with van der Waals surface area (Å²) in [6.45, 7) is 14.9. The van der Waals surface area contributed by atoms with Gasteiger partial charge in [0.25, 0.3) is 0 Å². The fraction of sp³-hybridized carbons (Fsp3) is 1.00. The minimum Gasteiger partial charge on any atom is -0.315 e. The zero-order valence-corrected chi connectivity index (χ0v) is 12.3. The summed E-state index contributed by atoms with van der Waals surface area (Å²) >= 11 is 0. The summed E-state index contributed by atoms with van der Waals surface area (Å²) in [4.78, 5) is 2.52. The van der Waals surface area contributed by atoms with Crippen LogP contribution in [0.2, 0.25) is 0 Å². The molecule has 0 amide bonds. The molecule has 98 valence electrons. The van der Waals surface area contributed by atoms with E-state index in [1.54, 1.807) is 0 Å². The van der Waals surface area contributed by atoms with E-state index in [1.807, 2.05) is 0 Å². The molecule has 0 spiro atoms. The van der Waals surface area contributed by atoms with Crippen LogP contribution >= 0.6 is 0 Å². The quantitative estimate of drug-likeness (QED) is 0.642. The molecule has 1 atom stereocenters. The van der Waals surface area contributed by atoms with E-state index in [-0.39, 0.29) is 0 Å². The second kappa shape index (κ2) is 8.08. The van der Waals surface area contributed by atoms with Gasteiger partial charge >= 0.3 is 0 Å². The summed E-state index contributed by atoms with van der Waals surface area (Å²) in [5.41, 5.74) is 0.394. The number of hydrogen-bond acceptors (Lipinski definition) is 2. The largest absolute Gasteiger partial charge is 0.315 e. The summed E-state index contributed by atoms with van der Waals surface area (Å²) in [6, 6.07) is 0.691. The van der Waals surface area contributed by atoms with Gasteiger partial charge in [-0.05, 0) is 31.8 Å². The zero-order chi connectivity index (χ0) is 12.6. The summed E-state index contributed by atoms with van der Waals surface area (Å²) in [5.74, 6) is 0. The van der Waals surface area contributed by atoms with Crippen LogP contribution in [0.4, 0.5) is 0 Å². The highest BCUT2D eigenvalue weighted by atomic mass is 15.2. The van der Waals surface area contributed by atoms with Gasteiger partial charge in [-0.3, -0.25) is 0 Å². The van der Waals surface area contributed by atoms with Crippen molar-refractivity contribution < 1.29 is 0 Å². The van der Waals surface area contributed by atoms with Crippen LogP contribution < -0.4 is 5.32 Å². The third-order valence-corrected chi connectivity index (χ3v) is 2.78. The van der Waals surface area contributed by atoms with Crippen molar-refractivity contribution in [1.29, 1.82) is 0 Å². The Labute approximate surface area is 103 Å². The molecule has 0 heterocycles. The van der Waals surface area contributed by atoms with Crippen LogP contribution in [0.3, 0.4) is 0 Å². The first-order chi connectivity index (χ1) is 7.40. The lowest BCUT2D eigenvalue weighted by molar-refractivity contribution is 0.161. The fourth-order valence-corrected chi connectivity index (χ4v) is 2.13. The first kappa shape index (κ1) is 15.9. The highest BCUT2D eigenvalue weighted by Gasteiger charge is 2.19. The average molecular weight is 228 g/mol. The summed E-state index contributed by atoms with van der Waals surface area (Å²) in [7, 11) is 2.26. The number of nitrogens with zero attached hydrogens (tertiary/aromatic N) is 1. The molecule has 0 saturated heterocycles. The molecule has 0 saturated carbocycles. The molecule has 2 heteroatoms. The summed E-state index contributed by atoms with van der Waals surface area (Å²) in [6.07, 6.45) is 3.79. The first-order valence-electron chi connectivity index (χ1n) is 6.81. The maximum absolute atomic E-state index is 3.54. The second-order valence-corrected chi connectivity index (χ2v) is 6.12. The lowest BCUT2D eigenvalue weighted by atomic mass is 9.95. The molecule has 1 N–H and O–H groups in total. The monoisotopic (exact) mass is 228 g/mol. The van der Waals surface area contributed by atoms with Crippen LogP contribution in [0.5, 0.6) is 0 Å². The Kier molecular flexibility index (Phi) is 8.04. The molecule has 16 heavy (non-hydrogen) atoms. The SMILES string of the molecule is CCCNCC(CCC)N(C)CC(C)(C)C. The van der Waals surface area contributed by atoms with Crippen molar-refractivity contribution in [2.45, 2.75) is 59.9 Å². The van der Waals surface area contributed by atoms with Crippen molar-refractivity contribution in [3.8, 4) is 0 Å². The Bertz CT molecular complexity index is 161. The van der Waals surface area contributed by atoms with Gasteiger partial charge in [-0.25, -0.2) is 0 Å². The molecule has 0 aliphatic rings. The van der Waals surface area contributed by atoms with Gasteiger partial charge in [-0.2, -0.15) is 0 Å². The van der Waals surface area contributed by atoms with Gasteiger partial charge in [0.2, 0.25) is 0 Å². The molecular formula is C14H32N2. The van der Waals surface area contributed by atoms with Crippen molar-refractivity contribution >= 4 is 0 Å². The predicted octanol–water partition coefficient (Wildman–Crippen LogP) is 3.13. The number of rotatable bonds is 8. The van der Waals surface area contributed by atoms with Crippen molar-refractivity contribution in [2.75, 3.05) is 26.7 Å². The third-order valence-electron chi connectivity index (χ3n) is 2.78. The van der Waals surface area contributed by atoms with Crippen LogP contribution in [-0.2, 0) is 0 Å². The van der Waals surface area contributed by atoms with E-state index < -0.39 is 0 Å². The molecule has 1 unspecified atom stereocenters. The topological polar surface area (TPSA) is 15.3 Å². The smallest absolute Gasteiger partial charge is 0.0217 e. The van der Waals surface area contributed by atoms with Crippen molar-refractivity contribution in [3.05, 3.63) is 0 Å². The van der Waals surface area contributed by atoms with Crippen molar-refractivity contribution in [1.82, 2.24) is 10.2 Å². The molecular weight excluding hydrogens is 196 g/mol. The zero-order valence-electron chi connectivity index (χ0n) is 12.3. The minimum absolute atomic E-state index is 0.394. The van der Waals surface area contributed by atoms with E-state index in [2.05, 4.69) is 51.9 Å². The van der Waals surface area contributed by atoms with Crippen LogP contribution in [0.15, 0.2) is 0 Å². The van der Waals surface area contributed by atoms with E-state index in [1.165, 1.54) is 25.8 Å². The number of hydrogen-bond donors (Lipinski definition) is 1. The molecule has 0 bridgehead atoms. The van der Waals surface area contributed by atoms with Gasteiger partial charge < -0.3 is 10.2 Å². The van der Waals surface area contributed by atoms with E-state index >= 15 is 0 Å². The van der Waals surface area contributed by atoms with Gasteiger partial charge in [0, 0.05) is 19.1 Å². The lowest BCUT2D eigenvalue weighted by Gasteiger charge is -2.33. The van der Waals surface area contributed by atoms with Gasteiger partial charge in [-0.15, -0.1) is 0 Å². The molecule has 0 fully saturated rings. The van der Waals surface area contributed by atoms with E-state index in [4.69, 9.17) is 0 Å². The molecule has 0 aromatic heterocycles. The van der Waals surface area contributed by atoms with Crippen molar-refractivity contribution in [3.63, 3.8) is 0 Å². The standard InChI is InChI=1S/C14H32N2/c1-7-9-13(11-15-10-8-2)16(6)12-14(3,4)5/h13,15H,7-12H2,1-6H3. The van der Waals surface area contributed by atoms with Crippen LogP contribution in [0.25, 0.3) is 0 Å². The van der Waals surface area contributed by atoms with E-state index in [9.17, 15) is 0 Å². The minimum atomic E-state index is 0.394. The highest BCUT2D eigenvalue weighted by Crippen LogP contribution is 2.17. The van der Waals surface area contributed by atoms with E-state index in [0.717, 1.165) is 13.1 Å². The molecule has 0 rings (SSSR count). The normalized spacial score (nSPS) is 14.4. The van der Waals surface area contributed by atoms with Crippen LogP contribution in [-0.4, -0.2) is 37.6 Å². The Hall–Kier alpha value is -0.0800. The Morgan fingerprint density at radius 3 is 2.19 bits per heavy atom. The van der Waals surface area contributed by atoms with Gasteiger partial charge in [0.15, 0.2) is 0 Å². The Morgan fingerprint density at radius 1 is 1.12 bits per heavy atom. The second-order valence-electron chi connectivity index (χ2n) is 6.12. The Balaban J connectivity index is 4.07. The van der Waals surface area contributed by atoms with Gasteiger partial charge in [0.05, 0.1) is 0 Å². The molecule has 0 aromatic rings. The van der Waals surface area contributed by atoms with Crippen LogP contribution in [0, 0.1) is 5.41 Å². The molecule has 2 nitrogen and oxygen atoms in total. The number of likely N-dealkylation sites (N-methyl/N-ethyl adjacent to an activating group) is 1. The van der Waals surface area contributed by atoms with Crippen molar-refractivity contribution in [2.24, 2.45) is 5.41 Å². The van der Waals surface area contributed by atoms with Crippen LogP contribution in [0.1, 0.15) is 53.9 Å². The highest BCUT2D eigenvalue weighted by molar-refractivity contribution is 4.75.